The second-order valence-electron chi connectivity index (χ2n) is 5.79. The van der Waals surface area contributed by atoms with Gasteiger partial charge in [-0.3, -0.25) is 4.99 Å². The van der Waals surface area contributed by atoms with Gasteiger partial charge in [0.25, 0.3) is 0 Å². The molecule has 2 heterocycles. The van der Waals surface area contributed by atoms with E-state index in [1.54, 1.807) is 6.26 Å². The van der Waals surface area contributed by atoms with Gasteiger partial charge in [0.2, 0.25) is 0 Å². The topological polar surface area (TPSA) is 65.3 Å². The van der Waals surface area contributed by atoms with Crippen LogP contribution >= 0.6 is 0 Å². The number of fused-ring (bicyclic) bond motifs is 1. The maximum Gasteiger partial charge on any atom is 0.191 e. The van der Waals surface area contributed by atoms with Gasteiger partial charge in [0, 0.05) is 43.7 Å². The number of aromatic nitrogens is 1. The molecule has 0 saturated heterocycles. The van der Waals surface area contributed by atoms with Crippen molar-refractivity contribution in [2.45, 2.75) is 12.8 Å². The number of benzene rings is 1. The Hall–Kier alpha value is -2.95. The number of aromatic amines is 1. The van der Waals surface area contributed by atoms with Crippen LogP contribution in [0.5, 0.6) is 0 Å². The number of furan rings is 1. The third kappa shape index (κ3) is 5.01. The maximum absolute atomic E-state index is 5.33. The SMILES string of the molecule is C=CCNC(=NCCc1ccco1)NCCc1cc2ccccc2[nH]1. The Kier molecular flexibility index (Phi) is 5.93. The fourth-order valence-corrected chi connectivity index (χ4v) is 2.66. The molecule has 3 rings (SSSR count). The first kappa shape index (κ1) is 16.9. The lowest BCUT2D eigenvalue weighted by molar-refractivity contribution is 0.510. The highest BCUT2D eigenvalue weighted by atomic mass is 16.3. The van der Waals surface area contributed by atoms with Gasteiger partial charge in [-0.2, -0.15) is 0 Å². The van der Waals surface area contributed by atoms with Crippen LogP contribution in [0.1, 0.15) is 11.5 Å². The zero-order valence-corrected chi connectivity index (χ0v) is 14.3. The highest BCUT2D eigenvalue weighted by Crippen LogP contribution is 2.14. The van der Waals surface area contributed by atoms with Gasteiger partial charge in [-0.05, 0) is 29.7 Å². The normalized spacial score (nSPS) is 11.6. The summed E-state index contributed by atoms with van der Waals surface area (Å²) in [7, 11) is 0. The molecule has 0 aliphatic carbocycles. The molecule has 0 fully saturated rings. The summed E-state index contributed by atoms with van der Waals surface area (Å²) in [5, 5.41) is 7.86. The number of hydrogen-bond acceptors (Lipinski definition) is 2. The fourth-order valence-electron chi connectivity index (χ4n) is 2.66. The van der Waals surface area contributed by atoms with Gasteiger partial charge in [0.15, 0.2) is 5.96 Å². The number of H-pyrrole nitrogens is 1. The van der Waals surface area contributed by atoms with Crippen molar-refractivity contribution in [2.75, 3.05) is 19.6 Å². The lowest BCUT2D eigenvalue weighted by atomic mass is 10.2. The maximum atomic E-state index is 5.33. The van der Waals surface area contributed by atoms with Crippen LogP contribution in [0.3, 0.4) is 0 Å². The molecule has 3 aromatic rings. The number of aliphatic imine (C=N–C) groups is 1. The van der Waals surface area contributed by atoms with E-state index in [1.165, 1.54) is 16.6 Å². The zero-order valence-electron chi connectivity index (χ0n) is 14.3. The number of rotatable bonds is 8. The molecule has 3 N–H and O–H groups in total. The molecule has 0 bridgehead atoms. The third-order valence-corrected chi connectivity index (χ3v) is 3.89. The molecule has 0 aliphatic rings. The summed E-state index contributed by atoms with van der Waals surface area (Å²) in [5.74, 6) is 1.74. The Balaban J connectivity index is 1.51. The van der Waals surface area contributed by atoms with Crippen molar-refractivity contribution in [3.05, 3.63) is 72.8 Å². The molecule has 0 atom stereocenters. The molecule has 0 amide bonds. The first-order chi connectivity index (χ1) is 12.3. The van der Waals surface area contributed by atoms with Crippen LogP contribution in [0.15, 0.2) is 70.8 Å². The molecule has 0 unspecified atom stereocenters. The Morgan fingerprint density at radius 2 is 2.08 bits per heavy atom. The van der Waals surface area contributed by atoms with Gasteiger partial charge in [0.1, 0.15) is 5.76 Å². The fraction of sp³-hybridized carbons (Fsp3) is 0.250. The van der Waals surface area contributed by atoms with Gasteiger partial charge in [-0.25, -0.2) is 0 Å². The second kappa shape index (κ2) is 8.78. The minimum absolute atomic E-state index is 0.673. The smallest absolute Gasteiger partial charge is 0.191 e. The Labute approximate surface area is 147 Å². The first-order valence-electron chi connectivity index (χ1n) is 8.57. The lowest BCUT2D eigenvalue weighted by Gasteiger charge is -2.10. The van der Waals surface area contributed by atoms with Gasteiger partial charge in [-0.1, -0.05) is 24.3 Å². The quantitative estimate of drug-likeness (QED) is 0.336. The van der Waals surface area contributed by atoms with Crippen molar-refractivity contribution in [1.29, 1.82) is 0 Å². The van der Waals surface area contributed by atoms with E-state index in [2.05, 4.69) is 51.5 Å². The number of hydrogen-bond donors (Lipinski definition) is 3. The molecule has 5 heteroatoms. The van der Waals surface area contributed by atoms with Crippen molar-refractivity contribution in [1.82, 2.24) is 15.6 Å². The highest BCUT2D eigenvalue weighted by molar-refractivity contribution is 5.81. The highest BCUT2D eigenvalue weighted by Gasteiger charge is 2.02. The summed E-state index contributed by atoms with van der Waals surface area (Å²) in [5.41, 5.74) is 2.39. The monoisotopic (exact) mass is 336 g/mol. The van der Waals surface area contributed by atoms with Crippen molar-refractivity contribution in [3.63, 3.8) is 0 Å². The number of para-hydroxylation sites is 1. The minimum Gasteiger partial charge on any atom is -0.469 e. The van der Waals surface area contributed by atoms with Crippen molar-refractivity contribution in [3.8, 4) is 0 Å². The molecular weight excluding hydrogens is 312 g/mol. The molecule has 25 heavy (non-hydrogen) atoms. The summed E-state index contributed by atoms with van der Waals surface area (Å²) in [6, 6.07) is 14.4. The summed E-state index contributed by atoms with van der Waals surface area (Å²) in [4.78, 5) is 8.03. The van der Waals surface area contributed by atoms with Crippen LogP contribution < -0.4 is 10.6 Å². The zero-order chi connectivity index (χ0) is 17.3. The third-order valence-electron chi connectivity index (χ3n) is 3.89. The summed E-state index contributed by atoms with van der Waals surface area (Å²) < 4.78 is 5.33. The standard InChI is InChI=1S/C20H24N4O/c1-2-11-21-20(23-13-10-18-7-5-14-25-18)22-12-9-17-15-16-6-3-4-8-19(16)24-17/h2-8,14-15,24H,1,9-13H2,(H2,21,22,23). The van der Waals surface area contributed by atoms with Crippen molar-refractivity contribution >= 4 is 16.9 Å². The van der Waals surface area contributed by atoms with E-state index < -0.39 is 0 Å². The molecule has 0 aliphatic heterocycles. The molecule has 5 nitrogen and oxygen atoms in total. The first-order valence-corrected chi connectivity index (χ1v) is 8.57. The van der Waals surface area contributed by atoms with E-state index in [0.29, 0.717) is 13.1 Å². The van der Waals surface area contributed by atoms with Crippen LogP contribution in [0.2, 0.25) is 0 Å². The number of nitrogens with one attached hydrogen (secondary N) is 3. The van der Waals surface area contributed by atoms with Crippen molar-refractivity contribution in [2.24, 2.45) is 4.99 Å². The van der Waals surface area contributed by atoms with E-state index in [9.17, 15) is 0 Å². The summed E-state index contributed by atoms with van der Waals surface area (Å²) >= 11 is 0. The van der Waals surface area contributed by atoms with E-state index in [4.69, 9.17) is 4.42 Å². The average Bonchev–Trinajstić information content (AvgIpc) is 3.28. The van der Waals surface area contributed by atoms with Gasteiger partial charge in [-0.15, -0.1) is 6.58 Å². The van der Waals surface area contributed by atoms with Gasteiger partial charge >= 0.3 is 0 Å². The van der Waals surface area contributed by atoms with Crippen LogP contribution in [0.25, 0.3) is 10.9 Å². The van der Waals surface area contributed by atoms with Gasteiger partial charge < -0.3 is 20.0 Å². The molecule has 0 saturated carbocycles. The van der Waals surface area contributed by atoms with Crippen LogP contribution in [-0.4, -0.2) is 30.6 Å². The molecular formula is C20H24N4O. The average molecular weight is 336 g/mol. The van der Waals surface area contributed by atoms with Crippen molar-refractivity contribution < 1.29 is 4.42 Å². The minimum atomic E-state index is 0.673. The van der Waals surface area contributed by atoms with E-state index in [1.807, 2.05) is 24.3 Å². The van der Waals surface area contributed by atoms with Crippen LogP contribution in [0.4, 0.5) is 0 Å². The second-order valence-corrected chi connectivity index (χ2v) is 5.79. The molecule has 0 radical (unpaired) electrons. The van der Waals surface area contributed by atoms with Gasteiger partial charge in [0.05, 0.1) is 6.26 Å². The van der Waals surface area contributed by atoms with Crippen LogP contribution in [-0.2, 0) is 12.8 Å². The Bertz CT molecular complexity index is 784. The predicted molar refractivity (Wildman–Crippen MR) is 103 cm³/mol. The Morgan fingerprint density at radius 3 is 2.88 bits per heavy atom. The van der Waals surface area contributed by atoms with E-state index >= 15 is 0 Å². The Morgan fingerprint density at radius 1 is 1.16 bits per heavy atom. The molecule has 0 spiro atoms. The van der Waals surface area contributed by atoms with E-state index in [-0.39, 0.29) is 0 Å². The lowest BCUT2D eigenvalue weighted by Crippen LogP contribution is -2.38. The molecule has 1 aromatic carbocycles. The largest absolute Gasteiger partial charge is 0.469 e. The number of guanidine groups is 1. The number of nitrogens with zero attached hydrogens (tertiary/aromatic N) is 1. The summed E-state index contributed by atoms with van der Waals surface area (Å²) in [6.07, 6.45) is 5.20. The molecule has 130 valence electrons. The molecule has 2 aromatic heterocycles. The summed E-state index contributed by atoms with van der Waals surface area (Å²) in [6.45, 7) is 5.90. The predicted octanol–water partition coefficient (Wildman–Crippen LogP) is 3.27. The van der Waals surface area contributed by atoms with E-state index in [0.717, 1.165) is 31.1 Å². The van der Waals surface area contributed by atoms with Crippen LogP contribution in [0, 0.1) is 0 Å².